The highest BCUT2D eigenvalue weighted by atomic mass is 16.5. The fraction of sp³-hybridized carbons (Fsp3) is 0.444. The van der Waals surface area contributed by atoms with Gasteiger partial charge in [-0.3, -0.25) is 4.79 Å². The quantitative estimate of drug-likeness (QED) is 0.345. The molecule has 220 valence electrons. The minimum atomic E-state index is -0.0376. The molecule has 1 aromatic heterocycles. The molecule has 2 aliphatic carbocycles. The Hall–Kier alpha value is -3.64. The Labute approximate surface area is 250 Å². The molecule has 0 spiro atoms. The van der Waals surface area contributed by atoms with E-state index in [1.54, 1.807) is 0 Å². The van der Waals surface area contributed by atoms with E-state index in [9.17, 15) is 4.79 Å². The van der Waals surface area contributed by atoms with Crippen LogP contribution in [-0.4, -0.2) is 35.6 Å². The van der Waals surface area contributed by atoms with E-state index in [-0.39, 0.29) is 23.5 Å². The van der Waals surface area contributed by atoms with E-state index in [2.05, 4.69) is 84.5 Å². The molecular formula is C36H44N4O2. The first kappa shape index (κ1) is 28.5. The van der Waals surface area contributed by atoms with Crippen LogP contribution in [0.5, 0.6) is 0 Å². The molecule has 1 aromatic carbocycles. The Bertz CT molecular complexity index is 1470. The number of benzene rings is 1. The van der Waals surface area contributed by atoms with Gasteiger partial charge in [0.05, 0.1) is 23.9 Å². The lowest BCUT2D eigenvalue weighted by molar-refractivity contribution is 0.0654. The Morgan fingerprint density at radius 3 is 2.69 bits per heavy atom. The van der Waals surface area contributed by atoms with Crippen molar-refractivity contribution in [2.45, 2.75) is 83.8 Å². The number of aliphatic imine (C=N–C) groups is 1. The molecular weight excluding hydrogens is 520 g/mol. The van der Waals surface area contributed by atoms with Crippen LogP contribution in [0, 0.1) is 5.92 Å². The third-order valence-corrected chi connectivity index (χ3v) is 9.08. The van der Waals surface area contributed by atoms with E-state index in [1.807, 2.05) is 18.5 Å². The molecule has 0 bridgehead atoms. The molecule has 6 heteroatoms. The van der Waals surface area contributed by atoms with Gasteiger partial charge in [-0.25, -0.2) is 4.99 Å². The number of allylic oxidation sites excluding steroid dienone is 5. The van der Waals surface area contributed by atoms with Crippen molar-refractivity contribution in [2.75, 3.05) is 13.2 Å². The van der Waals surface area contributed by atoms with Crippen LogP contribution in [0.25, 0.3) is 11.3 Å². The molecule has 1 fully saturated rings. The van der Waals surface area contributed by atoms with Gasteiger partial charge in [-0.1, -0.05) is 49.4 Å². The first-order valence-corrected chi connectivity index (χ1v) is 15.7. The zero-order valence-corrected chi connectivity index (χ0v) is 25.3. The molecule has 1 amide bonds. The Morgan fingerprint density at radius 1 is 1.07 bits per heavy atom. The molecule has 1 saturated carbocycles. The highest BCUT2D eigenvalue weighted by Gasteiger charge is 2.28. The van der Waals surface area contributed by atoms with Gasteiger partial charge in [-0.2, -0.15) is 0 Å². The fourth-order valence-electron chi connectivity index (χ4n) is 6.07. The summed E-state index contributed by atoms with van der Waals surface area (Å²) in [5, 5.41) is 6.83. The van der Waals surface area contributed by atoms with Gasteiger partial charge in [0, 0.05) is 41.7 Å². The van der Waals surface area contributed by atoms with Crippen molar-refractivity contribution in [2.24, 2.45) is 10.9 Å². The Balaban J connectivity index is 1.13. The van der Waals surface area contributed by atoms with E-state index in [0.29, 0.717) is 12.1 Å². The summed E-state index contributed by atoms with van der Waals surface area (Å²) in [6, 6.07) is 10.7. The third-order valence-electron chi connectivity index (χ3n) is 9.08. The molecule has 4 aliphatic rings. The van der Waals surface area contributed by atoms with Gasteiger partial charge in [0.1, 0.15) is 5.84 Å². The van der Waals surface area contributed by atoms with E-state index in [4.69, 9.17) is 9.73 Å². The van der Waals surface area contributed by atoms with Crippen LogP contribution >= 0.6 is 0 Å². The van der Waals surface area contributed by atoms with Crippen molar-refractivity contribution in [3.8, 4) is 0 Å². The number of carbonyl (C=O) groups excluding carboxylic acids is 1. The molecule has 42 heavy (non-hydrogen) atoms. The standard InChI is InChI=1S/C36H44N4O2/c1-25-11-16-32(30-9-6-8-29(22-30)27-10-7-21-42-26(2)12-13-27)38-34(25)39-33(28-14-15-28)23-37-35(41)31-17-20-40(24-31)36(3)18-4-5-19-36/h4-6,8-9,13,16-17,20,22,24-26H,7,10-12,14-15,18-19,21,23H2,1-3H3,(H,37,41)(H,38,39)/b27-13-/t25?,26-/m0/s1. The monoisotopic (exact) mass is 564 g/mol. The number of hydrogen-bond acceptors (Lipinski definition) is 4. The predicted octanol–water partition coefficient (Wildman–Crippen LogP) is 7.37. The summed E-state index contributed by atoms with van der Waals surface area (Å²) in [5.41, 5.74) is 8.04. The van der Waals surface area contributed by atoms with Crippen molar-refractivity contribution in [3.63, 3.8) is 0 Å². The molecule has 2 aliphatic heterocycles. The van der Waals surface area contributed by atoms with Gasteiger partial charge in [0.25, 0.3) is 5.91 Å². The van der Waals surface area contributed by atoms with Gasteiger partial charge in [-0.15, -0.1) is 0 Å². The van der Waals surface area contributed by atoms with Crippen LogP contribution in [0.1, 0.15) is 93.6 Å². The number of nitrogens with one attached hydrogen (secondary N) is 2. The molecule has 0 radical (unpaired) electrons. The van der Waals surface area contributed by atoms with E-state index < -0.39 is 0 Å². The maximum absolute atomic E-state index is 13.1. The minimum Gasteiger partial charge on any atom is -0.378 e. The average Bonchev–Trinajstić information content (AvgIpc) is 3.52. The summed E-state index contributed by atoms with van der Waals surface area (Å²) >= 11 is 0. The second-order valence-corrected chi connectivity index (χ2v) is 12.6. The second-order valence-electron chi connectivity index (χ2n) is 12.6. The number of amidine groups is 1. The first-order valence-electron chi connectivity index (χ1n) is 15.7. The van der Waals surface area contributed by atoms with E-state index in [0.717, 1.165) is 80.8 Å². The maximum Gasteiger partial charge on any atom is 0.253 e. The average molecular weight is 565 g/mol. The molecule has 2 N–H and O–H groups in total. The Morgan fingerprint density at radius 2 is 1.88 bits per heavy atom. The summed E-state index contributed by atoms with van der Waals surface area (Å²) in [6.45, 7) is 7.91. The van der Waals surface area contributed by atoms with Gasteiger partial charge in [0.15, 0.2) is 0 Å². The minimum absolute atomic E-state index is 0.0286. The number of nitrogens with zero attached hydrogens (tertiary/aromatic N) is 2. The maximum atomic E-state index is 13.1. The van der Waals surface area contributed by atoms with Crippen molar-refractivity contribution < 1.29 is 9.53 Å². The largest absolute Gasteiger partial charge is 0.378 e. The zero-order chi connectivity index (χ0) is 29.1. The van der Waals surface area contributed by atoms with Crippen LogP contribution in [0.4, 0.5) is 0 Å². The predicted molar refractivity (Wildman–Crippen MR) is 171 cm³/mol. The molecule has 6 nitrogen and oxygen atoms in total. The molecule has 3 heterocycles. The Kier molecular flexibility index (Phi) is 8.34. The molecule has 0 saturated heterocycles. The van der Waals surface area contributed by atoms with Crippen molar-refractivity contribution in [1.82, 2.24) is 15.2 Å². The van der Waals surface area contributed by atoms with Gasteiger partial charge < -0.3 is 19.9 Å². The number of aromatic nitrogens is 1. The number of ether oxygens (including phenoxy) is 1. The second kappa shape index (κ2) is 12.3. The lowest BCUT2D eigenvalue weighted by atomic mass is 9.94. The van der Waals surface area contributed by atoms with Crippen LogP contribution < -0.4 is 10.6 Å². The highest BCUT2D eigenvalue weighted by Crippen LogP contribution is 2.33. The van der Waals surface area contributed by atoms with Gasteiger partial charge >= 0.3 is 0 Å². The lowest BCUT2D eigenvalue weighted by Gasteiger charge is -2.26. The third kappa shape index (κ3) is 6.54. The van der Waals surface area contributed by atoms with Gasteiger partial charge in [0.2, 0.25) is 0 Å². The van der Waals surface area contributed by atoms with E-state index in [1.165, 1.54) is 16.7 Å². The summed E-state index contributed by atoms with van der Waals surface area (Å²) < 4.78 is 8.01. The highest BCUT2D eigenvalue weighted by molar-refractivity contribution is 5.95. The number of rotatable bonds is 7. The summed E-state index contributed by atoms with van der Waals surface area (Å²) in [6.07, 6.45) is 21.4. The number of carbonyl (C=O) groups is 1. The van der Waals surface area contributed by atoms with Crippen molar-refractivity contribution >= 4 is 23.0 Å². The fourth-order valence-corrected chi connectivity index (χ4v) is 6.07. The molecule has 6 rings (SSSR count). The van der Waals surface area contributed by atoms with E-state index >= 15 is 0 Å². The van der Waals surface area contributed by atoms with Gasteiger partial charge in [-0.05, 0) is 94.1 Å². The first-order chi connectivity index (χ1) is 20.4. The van der Waals surface area contributed by atoms with Crippen molar-refractivity contribution in [3.05, 3.63) is 95.0 Å². The van der Waals surface area contributed by atoms with Crippen LogP contribution in [0.2, 0.25) is 0 Å². The number of hydrogen-bond donors (Lipinski definition) is 2. The zero-order valence-electron chi connectivity index (χ0n) is 25.3. The summed E-state index contributed by atoms with van der Waals surface area (Å²) in [7, 11) is 0. The topological polar surface area (TPSA) is 67.7 Å². The molecule has 2 aromatic rings. The van der Waals surface area contributed by atoms with Crippen molar-refractivity contribution in [1.29, 1.82) is 0 Å². The molecule has 2 atom stereocenters. The van der Waals surface area contributed by atoms with Crippen LogP contribution in [-0.2, 0) is 10.3 Å². The smallest absolute Gasteiger partial charge is 0.253 e. The number of amides is 1. The SMILES string of the molecule is CC1CC=C(c2cccc(/C3=C\C[C@H](C)OCCC3)c2)N=C1NC(CNC(=O)c1ccn(C2(C)CC=CC2)c1)=C1CC1. The van der Waals surface area contributed by atoms with Crippen LogP contribution in [0.15, 0.2) is 83.3 Å². The van der Waals surface area contributed by atoms with Crippen LogP contribution in [0.3, 0.4) is 0 Å². The lowest BCUT2D eigenvalue weighted by Crippen LogP contribution is -2.36. The summed E-state index contributed by atoms with van der Waals surface area (Å²) in [4.78, 5) is 18.2. The normalized spacial score (nSPS) is 24.5. The summed E-state index contributed by atoms with van der Waals surface area (Å²) in [5.74, 6) is 1.22. The molecule has 1 unspecified atom stereocenters.